The van der Waals surface area contributed by atoms with Gasteiger partial charge in [0, 0.05) is 13.0 Å². The zero-order valence-corrected chi connectivity index (χ0v) is 9.52. The lowest BCUT2D eigenvalue weighted by molar-refractivity contribution is -0.121. The Labute approximate surface area is 100 Å². The largest absolute Gasteiger partial charge is 0.396 e. The van der Waals surface area contributed by atoms with Crippen LogP contribution in [0.2, 0.25) is 0 Å². The maximum absolute atomic E-state index is 11.2. The zero-order valence-electron chi connectivity index (χ0n) is 9.52. The van der Waals surface area contributed by atoms with Gasteiger partial charge in [-0.3, -0.25) is 4.79 Å². The van der Waals surface area contributed by atoms with Gasteiger partial charge in [-0.1, -0.05) is 36.4 Å². The molecule has 0 aliphatic carbocycles. The molecule has 1 amide bonds. The van der Waals surface area contributed by atoms with E-state index in [0.29, 0.717) is 6.54 Å². The average Bonchev–Trinajstić information content (AvgIpc) is 2.36. The van der Waals surface area contributed by atoms with Gasteiger partial charge in [0.2, 0.25) is 5.91 Å². The summed E-state index contributed by atoms with van der Waals surface area (Å²) in [4.78, 5) is 11.2. The van der Waals surface area contributed by atoms with Crippen LogP contribution < -0.4 is 5.32 Å². The molecule has 0 unspecified atom stereocenters. The summed E-state index contributed by atoms with van der Waals surface area (Å²) in [5.74, 6) is -0.124. The second-order valence-corrected chi connectivity index (χ2v) is 3.93. The molecule has 3 heteroatoms. The minimum Gasteiger partial charge on any atom is -0.396 e. The molecule has 2 aromatic rings. The van der Waals surface area contributed by atoms with E-state index in [1.807, 2.05) is 30.3 Å². The Morgan fingerprint density at radius 2 is 1.88 bits per heavy atom. The first-order valence-corrected chi connectivity index (χ1v) is 5.65. The number of rotatable bonds is 4. The molecule has 2 N–H and O–H groups in total. The number of nitrogens with one attached hydrogen (secondary N) is 1. The highest BCUT2D eigenvalue weighted by atomic mass is 16.3. The molecule has 88 valence electrons. The van der Waals surface area contributed by atoms with Gasteiger partial charge in [-0.2, -0.15) is 0 Å². The molecule has 0 spiro atoms. The van der Waals surface area contributed by atoms with Gasteiger partial charge in [0.05, 0.1) is 6.61 Å². The Kier molecular flexibility index (Phi) is 3.73. The second-order valence-electron chi connectivity index (χ2n) is 3.93. The quantitative estimate of drug-likeness (QED) is 0.840. The molecule has 17 heavy (non-hydrogen) atoms. The van der Waals surface area contributed by atoms with Crippen molar-refractivity contribution in [2.24, 2.45) is 0 Å². The standard InChI is InChI=1S/C14H15NO2/c16-8-7-14(17)15-10-11-5-6-12-3-1-2-4-13(12)9-11/h1-6,9,16H,7-8,10H2,(H,15,17). The van der Waals surface area contributed by atoms with Crippen molar-refractivity contribution in [2.45, 2.75) is 13.0 Å². The molecular formula is C14H15NO2. The number of aliphatic hydroxyl groups is 1. The fourth-order valence-corrected chi connectivity index (χ4v) is 1.74. The van der Waals surface area contributed by atoms with Crippen LogP contribution in [0.25, 0.3) is 10.8 Å². The summed E-state index contributed by atoms with van der Waals surface area (Å²) in [6.07, 6.45) is 0.160. The van der Waals surface area contributed by atoms with Crippen molar-refractivity contribution in [3.8, 4) is 0 Å². The van der Waals surface area contributed by atoms with Gasteiger partial charge in [-0.25, -0.2) is 0 Å². The van der Waals surface area contributed by atoms with Crippen LogP contribution in [-0.4, -0.2) is 17.6 Å². The van der Waals surface area contributed by atoms with Crippen LogP contribution in [0.5, 0.6) is 0 Å². The first-order valence-electron chi connectivity index (χ1n) is 5.65. The Morgan fingerprint density at radius 3 is 2.65 bits per heavy atom. The topological polar surface area (TPSA) is 49.3 Å². The van der Waals surface area contributed by atoms with Crippen molar-refractivity contribution >= 4 is 16.7 Å². The molecule has 3 nitrogen and oxygen atoms in total. The summed E-state index contributed by atoms with van der Waals surface area (Å²) in [6, 6.07) is 14.2. The number of aliphatic hydroxyl groups excluding tert-OH is 1. The van der Waals surface area contributed by atoms with E-state index in [4.69, 9.17) is 5.11 Å². The monoisotopic (exact) mass is 229 g/mol. The van der Waals surface area contributed by atoms with E-state index in [1.54, 1.807) is 0 Å². The number of benzene rings is 2. The highest BCUT2D eigenvalue weighted by Crippen LogP contribution is 2.15. The minimum atomic E-state index is -0.124. The van der Waals surface area contributed by atoms with Gasteiger partial charge in [-0.05, 0) is 22.4 Å². The van der Waals surface area contributed by atoms with Gasteiger partial charge in [0.15, 0.2) is 0 Å². The summed E-state index contributed by atoms with van der Waals surface area (Å²) in [7, 11) is 0. The van der Waals surface area contributed by atoms with Crippen molar-refractivity contribution < 1.29 is 9.90 Å². The third-order valence-corrected chi connectivity index (χ3v) is 2.64. The fraction of sp³-hybridized carbons (Fsp3) is 0.214. The van der Waals surface area contributed by atoms with E-state index in [-0.39, 0.29) is 18.9 Å². The first-order chi connectivity index (χ1) is 8.29. The van der Waals surface area contributed by atoms with Crippen molar-refractivity contribution in [2.75, 3.05) is 6.61 Å². The van der Waals surface area contributed by atoms with Gasteiger partial charge in [0.25, 0.3) is 0 Å². The van der Waals surface area contributed by atoms with Gasteiger partial charge < -0.3 is 10.4 Å². The summed E-state index contributed by atoms with van der Waals surface area (Å²) >= 11 is 0. The number of carbonyl (C=O) groups excluding carboxylic acids is 1. The predicted molar refractivity (Wildman–Crippen MR) is 67.5 cm³/mol. The SMILES string of the molecule is O=C(CCO)NCc1ccc2ccccc2c1. The highest BCUT2D eigenvalue weighted by Gasteiger charge is 2.00. The Balaban J connectivity index is 2.06. The summed E-state index contributed by atoms with van der Waals surface area (Å²) in [5, 5.41) is 13.7. The first kappa shape index (κ1) is 11.6. The molecule has 0 fully saturated rings. The second kappa shape index (κ2) is 5.46. The molecule has 2 aromatic carbocycles. The maximum Gasteiger partial charge on any atom is 0.222 e. The Morgan fingerprint density at radius 1 is 1.12 bits per heavy atom. The number of hydrogen-bond donors (Lipinski definition) is 2. The fourth-order valence-electron chi connectivity index (χ4n) is 1.74. The van der Waals surface area contributed by atoms with E-state index >= 15 is 0 Å². The molecule has 0 atom stereocenters. The van der Waals surface area contributed by atoms with Crippen LogP contribution in [0.15, 0.2) is 42.5 Å². The van der Waals surface area contributed by atoms with Gasteiger partial charge in [-0.15, -0.1) is 0 Å². The Hall–Kier alpha value is -1.87. The van der Waals surface area contributed by atoms with Crippen molar-refractivity contribution in [3.05, 3.63) is 48.0 Å². The molecule has 0 bridgehead atoms. The molecule has 0 aliphatic heterocycles. The van der Waals surface area contributed by atoms with Crippen molar-refractivity contribution in [1.82, 2.24) is 5.32 Å². The normalized spacial score (nSPS) is 10.4. The van der Waals surface area contributed by atoms with Crippen LogP contribution in [-0.2, 0) is 11.3 Å². The molecule has 0 aliphatic rings. The van der Waals surface area contributed by atoms with Crippen LogP contribution in [0.4, 0.5) is 0 Å². The van der Waals surface area contributed by atoms with Gasteiger partial charge >= 0.3 is 0 Å². The van der Waals surface area contributed by atoms with E-state index in [2.05, 4.69) is 17.4 Å². The molecule has 0 heterocycles. The lowest BCUT2D eigenvalue weighted by Crippen LogP contribution is -2.23. The molecule has 0 saturated carbocycles. The third kappa shape index (κ3) is 3.04. The number of fused-ring (bicyclic) bond motifs is 1. The number of amides is 1. The van der Waals surface area contributed by atoms with Gasteiger partial charge in [0.1, 0.15) is 0 Å². The van der Waals surface area contributed by atoms with E-state index in [0.717, 1.165) is 5.56 Å². The molecular weight excluding hydrogens is 214 g/mol. The summed E-state index contributed by atoms with van der Waals surface area (Å²) < 4.78 is 0. The molecule has 2 rings (SSSR count). The summed E-state index contributed by atoms with van der Waals surface area (Å²) in [5.41, 5.74) is 1.06. The smallest absolute Gasteiger partial charge is 0.222 e. The third-order valence-electron chi connectivity index (χ3n) is 2.64. The lowest BCUT2D eigenvalue weighted by Gasteiger charge is -2.05. The highest BCUT2D eigenvalue weighted by molar-refractivity contribution is 5.83. The van der Waals surface area contributed by atoms with Crippen LogP contribution >= 0.6 is 0 Å². The predicted octanol–water partition coefficient (Wildman–Crippen LogP) is 1.84. The van der Waals surface area contributed by atoms with Crippen molar-refractivity contribution in [1.29, 1.82) is 0 Å². The maximum atomic E-state index is 11.2. The number of carbonyl (C=O) groups is 1. The lowest BCUT2D eigenvalue weighted by atomic mass is 10.1. The van der Waals surface area contributed by atoms with Crippen molar-refractivity contribution in [3.63, 3.8) is 0 Å². The van der Waals surface area contributed by atoms with E-state index in [9.17, 15) is 4.79 Å². The van der Waals surface area contributed by atoms with Crippen LogP contribution in [0, 0.1) is 0 Å². The number of hydrogen-bond acceptors (Lipinski definition) is 2. The van der Waals surface area contributed by atoms with E-state index in [1.165, 1.54) is 10.8 Å². The van der Waals surface area contributed by atoms with Crippen LogP contribution in [0.1, 0.15) is 12.0 Å². The molecule has 0 aromatic heterocycles. The summed E-state index contributed by atoms with van der Waals surface area (Å²) in [6.45, 7) is 0.396. The zero-order chi connectivity index (χ0) is 12.1. The Bertz CT molecular complexity index is 522. The molecule has 0 radical (unpaired) electrons. The molecule has 0 saturated heterocycles. The average molecular weight is 229 g/mol. The minimum absolute atomic E-state index is 0.108. The van der Waals surface area contributed by atoms with Crippen LogP contribution in [0.3, 0.4) is 0 Å². The van der Waals surface area contributed by atoms with E-state index < -0.39 is 0 Å².